The molecule has 2 aromatic rings. The molecular formula is C30H45N7O8. The Kier molecular flexibility index (Phi) is 13.9. The van der Waals surface area contributed by atoms with Gasteiger partial charge in [0, 0.05) is 23.5 Å². The molecule has 0 spiro atoms. The van der Waals surface area contributed by atoms with E-state index in [0.717, 1.165) is 10.9 Å². The van der Waals surface area contributed by atoms with Crippen LogP contribution in [0.15, 0.2) is 30.5 Å². The molecule has 15 nitrogen and oxygen atoms in total. The Morgan fingerprint density at radius 3 is 2.04 bits per heavy atom. The second kappa shape index (κ2) is 17.1. The normalized spacial score (nSPS) is 15.3. The molecule has 1 aromatic carbocycles. The summed E-state index contributed by atoms with van der Waals surface area (Å²) in [7, 11) is 0. The number of carbonyl (C=O) groups is 6. The van der Waals surface area contributed by atoms with Crippen molar-refractivity contribution in [1.82, 2.24) is 26.3 Å². The SMILES string of the molecule is CC[C@H](C)[C@H](NC(=O)[C@H](CC(C)C)NC(=O)[C@H](Cc1c[nH]c2ccccc12)NC(=O)[C@@H](N)CO)C(=O)N[C@@H](CC(N)=O)C(=O)O. The van der Waals surface area contributed by atoms with E-state index in [-0.39, 0.29) is 18.8 Å². The van der Waals surface area contributed by atoms with Crippen molar-refractivity contribution >= 4 is 46.4 Å². The van der Waals surface area contributed by atoms with Crippen molar-refractivity contribution < 1.29 is 39.0 Å². The fourth-order valence-electron chi connectivity index (χ4n) is 4.69. The number of nitrogens with one attached hydrogen (secondary N) is 5. The van der Waals surface area contributed by atoms with Gasteiger partial charge in [-0.05, 0) is 29.9 Å². The van der Waals surface area contributed by atoms with E-state index in [9.17, 15) is 39.0 Å². The Bertz CT molecular complexity index is 1360. The number of hydrogen-bond donors (Lipinski definition) is 9. The van der Waals surface area contributed by atoms with E-state index in [1.54, 1.807) is 20.0 Å². The highest BCUT2D eigenvalue weighted by Crippen LogP contribution is 2.20. The Labute approximate surface area is 261 Å². The predicted octanol–water partition coefficient (Wildman–Crippen LogP) is -0.979. The van der Waals surface area contributed by atoms with Crippen molar-refractivity contribution in [1.29, 1.82) is 0 Å². The number of aliphatic hydroxyl groups excluding tert-OH is 1. The molecule has 2 rings (SSSR count). The first-order valence-corrected chi connectivity index (χ1v) is 14.8. The van der Waals surface area contributed by atoms with Crippen molar-refractivity contribution in [2.75, 3.05) is 6.61 Å². The number of carboxylic acids is 1. The average Bonchev–Trinajstić information content (AvgIpc) is 3.39. The molecule has 11 N–H and O–H groups in total. The van der Waals surface area contributed by atoms with Gasteiger partial charge in [-0.1, -0.05) is 52.3 Å². The molecule has 0 unspecified atom stereocenters. The maximum Gasteiger partial charge on any atom is 0.326 e. The first-order valence-electron chi connectivity index (χ1n) is 14.8. The number of carbonyl (C=O) groups excluding carboxylic acids is 5. The van der Waals surface area contributed by atoms with Gasteiger partial charge in [0.25, 0.3) is 0 Å². The van der Waals surface area contributed by atoms with Gasteiger partial charge in [-0.15, -0.1) is 0 Å². The summed E-state index contributed by atoms with van der Waals surface area (Å²) in [6.45, 7) is 6.47. The van der Waals surface area contributed by atoms with Gasteiger partial charge in [-0.3, -0.25) is 24.0 Å². The summed E-state index contributed by atoms with van der Waals surface area (Å²) >= 11 is 0. The van der Waals surface area contributed by atoms with Crippen LogP contribution in [-0.4, -0.2) is 87.5 Å². The quantitative estimate of drug-likeness (QED) is 0.0978. The summed E-state index contributed by atoms with van der Waals surface area (Å²) in [6, 6.07) is 0.972. The number of aliphatic hydroxyl groups is 1. The summed E-state index contributed by atoms with van der Waals surface area (Å²) in [5, 5.41) is 29.8. The molecule has 0 aliphatic carbocycles. The molecule has 0 aliphatic rings. The lowest BCUT2D eigenvalue weighted by molar-refractivity contribution is -0.144. The highest BCUT2D eigenvalue weighted by Gasteiger charge is 2.34. The third kappa shape index (κ3) is 10.9. The molecule has 0 saturated carbocycles. The summed E-state index contributed by atoms with van der Waals surface area (Å²) in [5.74, 6) is -5.94. The van der Waals surface area contributed by atoms with Crippen LogP contribution in [-0.2, 0) is 35.2 Å². The summed E-state index contributed by atoms with van der Waals surface area (Å²) < 4.78 is 0. The second-order valence-electron chi connectivity index (χ2n) is 11.5. The minimum atomic E-state index is -1.59. The molecular weight excluding hydrogens is 586 g/mol. The van der Waals surface area contributed by atoms with Crippen molar-refractivity contribution in [2.45, 2.75) is 83.6 Å². The van der Waals surface area contributed by atoms with Gasteiger partial charge in [-0.2, -0.15) is 0 Å². The zero-order valence-corrected chi connectivity index (χ0v) is 26.0. The van der Waals surface area contributed by atoms with Crippen molar-refractivity contribution in [3.63, 3.8) is 0 Å². The van der Waals surface area contributed by atoms with E-state index in [0.29, 0.717) is 12.0 Å². The van der Waals surface area contributed by atoms with Gasteiger partial charge in [-0.25, -0.2) is 4.79 Å². The maximum absolute atomic E-state index is 13.7. The van der Waals surface area contributed by atoms with Gasteiger partial charge in [0.15, 0.2) is 0 Å². The number of rotatable bonds is 18. The zero-order valence-electron chi connectivity index (χ0n) is 26.0. The third-order valence-corrected chi connectivity index (χ3v) is 7.42. The van der Waals surface area contributed by atoms with Crippen LogP contribution in [0.4, 0.5) is 0 Å². The number of aromatic amines is 1. The molecule has 0 radical (unpaired) electrons. The van der Waals surface area contributed by atoms with E-state index in [1.165, 1.54) is 0 Å². The Hall–Kier alpha value is -4.50. The lowest BCUT2D eigenvalue weighted by Gasteiger charge is -2.29. The van der Waals surface area contributed by atoms with Crippen LogP contribution in [0.5, 0.6) is 0 Å². The lowest BCUT2D eigenvalue weighted by Crippen LogP contribution is -2.60. The number of fused-ring (bicyclic) bond motifs is 1. The Morgan fingerprint density at radius 2 is 1.47 bits per heavy atom. The monoisotopic (exact) mass is 631 g/mol. The number of nitrogens with two attached hydrogens (primary N) is 2. The average molecular weight is 632 g/mol. The van der Waals surface area contributed by atoms with Crippen LogP contribution in [0.25, 0.3) is 10.9 Å². The molecule has 15 heteroatoms. The van der Waals surface area contributed by atoms with Crippen molar-refractivity contribution in [2.24, 2.45) is 23.3 Å². The summed E-state index contributed by atoms with van der Waals surface area (Å²) in [6.07, 6.45) is 1.69. The number of primary amides is 1. The molecule has 248 valence electrons. The van der Waals surface area contributed by atoms with Gasteiger partial charge in [0.2, 0.25) is 29.5 Å². The molecule has 5 amide bonds. The molecule has 0 aliphatic heterocycles. The van der Waals surface area contributed by atoms with E-state index in [1.807, 2.05) is 38.1 Å². The molecule has 1 heterocycles. The largest absolute Gasteiger partial charge is 0.480 e. The van der Waals surface area contributed by atoms with Gasteiger partial charge in [0.05, 0.1) is 13.0 Å². The maximum atomic E-state index is 13.7. The smallest absolute Gasteiger partial charge is 0.326 e. The fraction of sp³-hybridized carbons (Fsp3) is 0.533. The third-order valence-electron chi connectivity index (χ3n) is 7.42. The molecule has 1 aromatic heterocycles. The van der Waals surface area contributed by atoms with E-state index in [4.69, 9.17) is 11.5 Å². The second-order valence-corrected chi connectivity index (χ2v) is 11.5. The first-order chi connectivity index (χ1) is 21.2. The van der Waals surface area contributed by atoms with Crippen molar-refractivity contribution in [3.8, 4) is 0 Å². The minimum Gasteiger partial charge on any atom is -0.480 e. The number of benzene rings is 1. The number of amides is 5. The molecule has 0 fully saturated rings. The zero-order chi connectivity index (χ0) is 33.8. The van der Waals surface area contributed by atoms with Crippen LogP contribution in [0.3, 0.4) is 0 Å². The van der Waals surface area contributed by atoms with Crippen LogP contribution in [0.1, 0.15) is 52.5 Å². The molecule has 0 bridgehead atoms. The van der Waals surface area contributed by atoms with Gasteiger partial charge in [0.1, 0.15) is 30.2 Å². The Balaban J connectivity index is 2.33. The van der Waals surface area contributed by atoms with Crippen LogP contribution >= 0.6 is 0 Å². The van der Waals surface area contributed by atoms with Crippen LogP contribution in [0, 0.1) is 11.8 Å². The van der Waals surface area contributed by atoms with E-state index in [2.05, 4.69) is 26.3 Å². The minimum absolute atomic E-state index is 0.0318. The lowest BCUT2D eigenvalue weighted by atomic mass is 9.96. The van der Waals surface area contributed by atoms with E-state index >= 15 is 0 Å². The van der Waals surface area contributed by atoms with Gasteiger partial charge >= 0.3 is 5.97 Å². The standard InChI is InChI=1S/C30H45N7O8/c1-5-16(4)25(29(43)36-23(30(44)45)12-24(32)39)37-28(42)21(10-15(2)3)35-27(41)22(34-26(40)19(31)14-38)11-17-13-33-20-9-7-6-8-18(17)20/h6-9,13,15-16,19,21-23,25,33,38H,5,10-12,14,31H2,1-4H3,(H2,32,39)(H,34,40)(H,35,41)(H,36,43)(H,37,42)(H,44,45)/t16-,19-,21-,22-,23-,25-/m0/s1. The fourth-order valence-corrected chi connectivity index (χ4v) is 4.69. The molecule has 45 heavy (non-hydrogen) atoms. The van der Waals surface area contributed by atoms with Gasteiger partial charge < -0.3 is 47.9 Å². The van der Waals surface area contributed by atoms with Crippen LogP contribution in [0.2, 0.25) is 0 Å². The number of aromatic nitrogens is 1. The van der Waals surface area contributed by atoms with E-state index < -0.39 is 84.7 Å². The van der Waals surface area contributed by atoms with Crippen molar-refractivity contribution in [3.05, 3.63) is 36.0 Å². The topological polar surface area (TPSA) is 259 Å². The number of aliphatic carboxylic acids is 1. The number of H-pyrrole nitrogens is 1. The molecule has 0 saturated heterocycles. The van der Waals surface area contributed by atoms with Crippen LogP contribution < -0.4 is 32.7 Å². The Morgan fingerprint density at radius 1 is 0.867 bits per heavy atom. The first kappa shape index (κ1) is 36.7. The highest BCUT2D eigenvalue weighted by molar-refractivity contribution is 5.96. The summed E-state index contributed by atoms with van der Waals surface area (Å²) in [5.41, 5.74) is 12.3. The number of hydrogen-bond acceptors (Lipinski definition) is 8. The highest BCUT2D eigenvalue weighted by atomic mass is 16.4. The summed E-state index contributed by atoms with van der Waals surface area (Å²) in [4.78, 5) is 79.1. The molecule has 6 atom stereocenters. The predicted molar refractivity (Wildman–Crippen MR) is 165 cm³/mol. The number of para-hydroxylation sites is 1. The number of carboxylic acid groups (broad SMARTS) is 1.